The minimum Gasteiger partial charge on any atom is -0.489 e. The van der Waals surface area contributed by atoms with Crippen molar-refractivity contribution in [3.05, 3.63) is 23.3 Å². The third kappa shape index (κ3) is 3.87. The molecule has 3 heteroatoms. The number of hydrogen-bond donors (Lipinski definition) is 2. The van der Waals surface area contributed by atoms with Gasteiger partial charge in [0.25, 0.3) is 0 Å². The zero-order valence-electron chi connectivity index (χ0n) is 11.6. The fraction of sp³-hybridized carbons (Fsp3) is 0.625. The Bertz CT molecular complexity index is 409. The van der Waals surface area contributed by atoms with E-state index in [9.17, 15) is 0 Å². The summed E-state index contributed by atoms with van der Waals surface area (Å²) in [5.74, 6) is 1.48. The van der Waals surface area contributed by atoms with Crippen LogP contribution in [0.1, 0.15) is 51.2 Å². The second-order valence-corrected chi connectivity index (χ2v) is 5.44. The molecule has 1 heterocycles. The largest absolute Gasteiger partial charge is 0.489 e. The summed E-state index contributed by atoms with van der Waals surface area (Å²) in [6, 6.07) is 4.20. The van der Waals surface area contributed by atoms with Crippen molar-refractivity contribution in [2.75, 3.05) is 18.8 Å². The molecule has 108 valence electrons. The van der Waals surface area contributed by atoms with Crippen molar-refractivity contribution in [2.45, 2.75) is 53.1 Å². The van der Waals surface area contributed by atoms with E-state index in [1.165, 1.54) is 24.0 Å². The fourth-order valence-corrected chi connectivity index (χ4v) is 2.65. The van der Waals surface area contributed by atoms with Gasteiger partial charge in [-0.2, -0.15) is 0 Å². The van der Waals surface area contributed by atoms with Crippen LogP contribution in [-0.4, -0.2) is 19.2 Å². The standard InChI is InChI=1S/C15H24N2O.CH4/c1-10(2)18-15-9-13(11(3)8-14(15)16)12-4-6-17-7-5-12;/h8-10,12,17H,4-7,16H2,1-3H3;1H4. The maximum Gasteiger partial charge on any atom is 0.142 e. The van der Waals surface area contributed by atoms with Crippen LogP contribution in [0.15, 0.2) is 12.1 Å². The van der Waals surface area contributed by atoms with Gasteiger partial charge in [0.1, 0.15) is 5.75 Å². The summed E-state index contributed by atoms with van der Waals surface area (Å²) in [6.45, 7) is 8.42. The maximum absolute atomic E-state index is 6.03. The summed E-state index contributed by atoms with van der Waals surface area (Å²) in [7, 11) is 0. The fourth-order valence-electron chi connectivity index (χ4n) is 2.65. The topological polar surface area (TPSA) is 47.3 Å². The van der Waals surface area contributed by atoms with Gasteiger partial charge in [-0.3, -0.25) is 0 Å². The number of ether oxygens (including phenoxy) is 1. The Labute approximate surface area is 117 Å². The second kappa shape index (κ2) is 6.80. The Balaban J connectivity index is 0.00000180. The summed E-state index contributed by atoms with van der Waals surface area (Å²) in [5, 5.41) is 3.41. The zero-order chi connectivity index (χ0) is 13.1. The van der Waals surface area contributed by atoms with Gasteiger partial charge in [-0.05, 0) is 75.9 Å². The van der Waals surface area contributed by atoms with Crippen LogP contribution in [0.3, 0.4) is 0 Å². The van der Waals surface area contributed by atoms with Gasteiger partial charge >= 0.3 is 0 Å². The van der Waals surface area contributed by atoms with Crippen LogP contribution in [0.4, 0.5) is 5.69 Å². The van der Waals surface area contributed by atoms with Crippen LogP contribution in [0.25, 0.3) is 0 Å². The molecule has 2 rings (SSSR count). The lowest BCUT2D eigenvalue weighted by Crippen LogP contribution is -2.27. The van der Waals surface area contributed by atoms with Gasteiger partial charge in [0.05, 0.1) is 11.8 Å². The third-order valence-corrected chi connectivity index (χ3v) is 3.54. The molecule has 1 aliphatic heterocycles. The van der Waals surface area contributed by atoms with Crippen molar-refractivity contribution in [1.29, 1.82) is 0 Å². The van der Waals surface area contributed by atoms with Crippen LogP contribution in [0, 0.1) is 6.92 Å². The number of nitrogens with two attached hydrogens (primary N) is 1. The first-order chi connectivity index (χ1) is 8.58. The number of hydrogen-bond acceptors (Lipinski definition) is 3. The highest BCUT2D eigenvalue weighted by Crippen LogP contribution is 2.34. The Morgan fingerprint density at radius 1 is 1.26 bits per heavy atom. The molecule has 3 nitrogen and oxygen atoms in total. The predicted octanol–water partition coefficient (Wildman–Crippen LogP) is 3.47. The van der Waals surface area contributed by atoms with Crippen molar-refractivity contribution < 1.29 is 4.74 Å². The van der Waals surface area contributed by atoms with Crippen LogP contribution in [0.5, 0.6) is 5.75 Å². The average molecular weight is 264 g/mol. The number of nitrogen functional groups attached to an aromatic ring is 1. The molecule has 0 aromatic heterocycles. The highest BCUT2D eigenvalue weighted by Gasteiger charge is 2.19. The molecule has 0 saturated carbocycles. The molecule has 1 aromatic carbocycles. The molecular weight excluding hydrogens is 236 g/mol. The lowest BCUT2D eigenvalue weighted by atomic mass is 9.87. The van der Waals surface area contributed by atoms with Crippen LogP contribution < -0.4 is 15.8 Å². The number of rotatable bonds is 3. The molecule has 3 N–H and O–H groups in total. The van der Waals surface area contributed by atoms with Crippen molar-refractivity contribution in [3.8, 4) is 5.75 Å². The molecule has 1 aliphatic rings. The molecule has 0 amide bonds. The van der Waals surface area contributed by atoms with Crippen LogP contribution in [0.2, 0.25) is 0 Å². The summed E-state index contributed by atoms with van der Waals surface area (Å²) in [4.78, 5) is 0. The molecular formula is C16H28N2O. The number of anilines is 1. The molecule has 0 aliphatic carbocycles. The molecule has 0 unspecified atom stereocenters. The van der Waals surface area contributed by atoms with Crippen LogP contribution in [-0.2, 0) is 0 Å². The Morgan fingerprint density at radius 2 is 1.89 bits per heavy atom. The van der Waals surface area contributed by atoms with Gasteiger partial charge < -0.3 is 15.8 Å². The minimum atomic E-state index is 0. The Hall–Kier alpha value is -1.22. The maximum atomic E-state index is 6.03. The van der Waals surface area contributed by atoms with Gasteiger partial charge in [0, 0.05) is 0 Å². The molecule has 0 atom stereocenters. The lowest BCUT2D eigenvalue weighted by Gasteiger charge is -2.25. The third-order valence-electron chi connectivity index (χ3n) is 3.54. The quantitative estimate of drug-likeness (QED) is 0.822. The van der Waals surface area contributed by atoms with Crippen molar-refractivity contribution in [3.63, 3.8) is 0 Å². The van der Waals surface area contributed by atoms with E-state index in [1.54, 1.807) is 0 Å². The second-order valence-electron chi connectivity index (χ2n) is 5.44. The van der Waals surface area contributed by atoms with Crippen molar-refractivity contribution in [2.24, 2.45) is 0 Å². The van der Waals surface area contributed by atoms with E-state index in [2.05, 4.69) is 24.4 Å². The first kappa shape index (κ1) is 15.8. The van der Waals surface area contributed by atoms with Crippen LogP contribution >= 0.6 is 0 Å². The van der Waals surface area contributed by atoms with Gasteiger partial charge in [0.15, 0.2) is 0 Å². The molecule has 1 aromatic rings. The minimum absolute atomic E-state index is 0. The summed E-state index contributed by atoms with van der Waals surface area (Å²) >= 11 is 0. The van der Waals surface area contributed by atoms with E-state index in [0.717, 1.165) is 24.5 Å². The van der Waals surface area contributed by atoms with Gasteiger partial charge in [-0.15, -0.1) is 0 Å². The molecule has 1 fully saturated rings. The number of benzene rings is 1. The van der Waals surface area contributed by atoms with E-state index in [1.807, 2.05) is 13.8 Å². The zero-order valence-corrected chi connectivity index (χ0v) is 11.6. The van der Waals surface area contributed by atoms with Gasteiger partial charge in [-0.1, -0.05) is 7.43 Å². The van der Waals surface area contributed by atoms with E-state index >= 15 is 0 Å². The SMILES string of the molecule is C.Cc1cc(N)c(OC(C)C)cc1C1CCNCC1. The number of nitrogens with one attached hydrogen (secondary N) is 1. The Morgan fingerprint density at radius 3 is 2.47 bits per heavy atom. The Kier molecular flexibility index (Phi) is 5.67. The normalized spacial score (nSPS) is 16.2. The molecule has 0 radical (unpaired) electrons. The van der Waals surface area contributed by atoms with Gasteiger partial charge in [0.2, 0.25) is 0 Å². The summed E-state index contributed by atoms with van der Waals surface area (Å²) < 4.78 is 5.79. The molecule has 19 heavy (non-hydrogen) atoms. The van der Waals surface area contributed by atoms with Crippen molar-refractivity contribution >= 4 is 5.69 Å². The monoisotopic (exact) mass is 264 g/mol. The van der Waals surface area contributed by atoms with E-state index in [-0.39, 0.29) is 13.5 Å². The highest BCUT2D eigenvalue weighted by atomic mass is 16.5. The molecule has 0 bridgehead atoms. The number of aryl methyl sites for hydroxylation is 1. The number of piperidine rings is 1. The van der Waals surface area contributed by atoms with Gasteiger partial charge in [-0.25, -0.2) is 0 Å². The predicted molar refractivity (Wildman–Crippen MR) is 82.9 cm³/mol. The van der Waals surface area contributed by atoms with E-state index in [4.69, 9.17) is 10.5 Å². The smallest absolute Gasteiger partial charge is 0.142 e. The molecule has 1 saturated heterocycles. The summed E-state index contributed by atoms with van der Waals surface area (Å²) in [6.07, 6.45) is 2.56. The van der Waals surface area contributed by atoms with Crippen molar-refractivity contribution in [1.82, 2.24) is 5.32 Å². The first-order valence-electron chi connectivity index (χ1n) is 6.85. The highest BCUT2D eigenvalue weighted by molar-refractivity contribution is 5.57. The lowest BCUT2D eigenvalue weighted by molar-refractivity contribution is 0.243. The molecule has 0 spiro atoms. The summed E-state index contributed by atoms with van der Waals surface area (Å²) in [5.41, 5.74) is 9.47. The van der Waals surface area contributed by atoms with E-state index < -0.39 is 0 Å². The first-order valence-corrected chi connectivity index (χ1v) is 6.85. The average Bonchev–Trinajstić information content (AvgIpc) is 2.33. The van der Waals surface area contributed by atoms with E-state index in [0.29, 0.717) is 5.92 Å².